The molecule has 1 fully saturated rings. The third-order valence-corrected chi connectivity index (χ3v) is 6.82. The number of fused-ring (bicyclic) bond motifs is 1. The van der Waals surface area contributed by atoms with Gasteiger partial charge in [-0.3, -0.25) is 9.59 Å². The van der Waals surface area contributed by atoms with Crippen molar-refractivity contribution in [2.24, 2.45) is 5.92 Å². The van der Waals surface area contributed by atoms with Crippen molar-refractivity contribution in [1.29, 1.82) is 0 Å². The molecule has 0 spiro atoms. The van der Waals surface area contributed by atoms with Gasteiger partial charge < -0.3 is 38.9 Å². The number of carbonyl (C=O) groups excluding carboxylic acids is 5. The highest BCUT2D eigenvalue weighted by molar-refractivity contribution is 6.01. The molecule has 1 aromatic carbocycles. The van der Waals surface area contributed by atoms with Gasteiger partial charge in [0.2, 0.25) is 5.91 Å². The number of hydrogen-bond donors (Lipinski definition) is 1. The number of aliphatic hydroxyl groups is 1. The van der Waals surface area contributed by atoms with Crippen molar-refractivity contribution in [3.63, 3.8) is 0 Å². The Kier molecular flexibility index (Phi) is 10.0. The molecule has 202 valence electrons. The van der Waals surface area contributed by atoms with E-state index in [1.54, 1.807) is 13.0 Å². The van der Waals surface area contributed by atoms with Crippen LogP contribution < -0.4 is 4.90 Å². The van der Waals surface area contributed by atoms with E-state index in [1.807, 2.05) is 12.1 Å². The van der Waals surface area contributed by atoms with Gasteiger partial charge in [-0.05, 0) is 49.9 Å². The summed E-state index contributed by atoms with van der Waals surface area (Å²) in [4.78, 5) is 65.3. The molecule has 0 bridgehead atoms. The fraction of sp³-hybridized carbons (Fsp3) is 0.577. The number of rotatable bonds is 12. The fourth-order valence-corrected chi connectivity index (χ4v) is 4.62. The van der Waals surface area contributed by atoms with Gasteiger partial charge in [-0.2, -0.15) is 0 Å². The van der Waals surface area contributed by atoms with Gasteiger partial charge in [0, 0.05) is 63.3 Å². The minimum atomic E-state index is -0.973. The molecule has 11 nitrogen and oxygen atoms in total. The average molecular weight is 518 g/mol. The molecule has 2 aliphatic rings. The van der Waals surface area contributed by atoms with Crippen LogP contribution in [-0.4, -0.2) is 91.1 Å². The van der Waals surface area contributed by atoms with E-state index in [-0.39, 0.29) is 44.2 Å². The van der Waals surface area contributed by atoms with Gasteiger partial charge in [-0.25, -0.2) is 4.79 Å². The number of likely N-dealkylation sites (N-methyl/N-ethyl adjacent to an activating group) is 1. The third kappa shape index (κ3) is 7.06. The molecule has 2 aliphatic heterocycles. The largest absolute Gasteiger partial charge is 0.510 e. The minimum Gasteiger partial charge on any atom is -0.431 e. The lowest BCUT2D eigenvalue weighted by Gasteiger charge is -2.31. The number of anilines is 1. The van der Waals surface area contributed by atoms with Crippen LogP contribution in [0.5, 0.6) is 0 Å². The second-order valence-corrected chi connectivity index (χ2v) is 9.50. The maximum absolute atomic E-state index is 13.3. The maximum Gasteiger partial charge on any atom is 0.510 e. The Labute approximate surface area is 216 Å². The Hall–Kier alpha value is -3.47. The van der Waals surface area contributed by atoms with Crippen LogP contribution in [0.25, 0.3) is 0 Å². The molecule has 11 heteroatoms. The van der Waals surface area contributed by atoms with Gasteiger partial charge >= 0.3 is 6.16 Å². The normalized spacial score (nSPS) is 17.1. The number of benzene rings is 1. The van der Waals surface area contributed by atoms with Gasteiger partial charge in [0.25, 0.3) is 5.91 Å². The van der Waals surface area contributed by atoms with E-state index in [9.17, 15) is 24.0 Å². The lowest BCUT2D eigenvalue weighted by Crippen LogP contribution is -2.48. The minimum absolute atomic E-state index is 0.0825. The molecule has 3 rings (SSSR count). The summed E-state index contributed by atoms with van der Waals surface area (Å²) in [7, 11) is 1.44. The standard InChI is InChI=1S/C26H35N3O8/c1-18(9-13-31)37-26(35)36-17-27(2)25(34)23(4-3-12-30)29-15-20-14-21(5-6-22(20)24(29)33)28-10-7-19(16-32)8-11-28/h5-6,12,14,16,18-19,23,31H,3-4,7-11,13,15,17H2,1-2H3. The molecule has 2 atom stereocenters. The highest BCUT2D eigenvalue weighted by Crippen LogP contribution is 2.31. The summed E-state index contributed by atoms with van der Waals surface area (Å²) in [5.41, 5.74) is 2.27. The summed E-state index contributed by atoms with van der Waals surface area (Å²) in [6.07, 6.45) is 2.25. The lowest BCUT2D eigenvalue weighted by molar-refractivity contribution is -0.139. The van der Waals surface area contributed by atoms with Crippen molar-refractivity contribution in [2.75, 3.05) is 38.4 Å². The second kappa shape index (κ2) is 13.2. The Morgan fingerprint density at radius 2 is 1.95 bits per heavy atom. The monoisotopic (exact) mass is 517 g/mol. The van der Waals surface area contributed by atoms with Gasteiger partial charge in [-0.1, -0.05) is 0 Å². The summed E-state index contributed by atoms with van der Waals surface area (Å²) in [5, 5.41) is 8.91. The summed E-state index contributed by atoms with van der Waals surface area (Å²) in [6, 6.07) is 4.69. The van der Waals surface area contributed by atoms with E-state index in [0.29, 0.717) is 11.8 Å². The quantitative estimate of drug-likeness (QED) is 0.250. The van der Waals surface area contributed by atoms with Gasteiger partial charge in [0.1, 0.15) is 24.7 Å². The van der Waals surface area contributed by atoms with E-state index in [4.69, 9.17) is 14.6 Å². The Balaban J connectivity index is 1.67. The van der Waals surface area contributed by atoms with E-state index in [0.717, 1.165) is 43.5 Å². The zero-order valence-corrected chi connectivity index (χ0v) is 21.3. The van der Waals surface area contributed by atoms with Crippen LogP contribution in [0.2, 0.25) is 0 Å². The molecule has 1 aromatic rings. The number of carbonyl (C=O) groups is 5. The first-order chi connectivity index (χ1) is 17.8. The molecular formula is C26H35N3O8. The SMILES string of the molecule is CC(CCO)OC(=O)OCN(C)C(=O)C(CCC=O)N1Cc2cc(N3CCC(C=O)CC3)ccc2C1=O. The maximum atomic E-state index is 13.3. The number of ether oxygens (including phenoxy) is 2. The summed E-state index contributed by atoms with van der Waals surface area (Å²) in [6.45, 7) is 2.81. The molecule has 0 aliphatic carbocycles. The smallest absolute Gasteiger partial charge is 0.431 e. The molecule has 37 heavy (non-hydrogen) atoms. The van der Waals surface area contributed by atoms with Gasteiger partial charge in [-0.15, -0.1) is 0 Å². The zero-order chi connectivity index (χ0) is 26.9. The second-order valence-electron chi connectivity index (χ2n) is 9.50. The highest BCUT2D eigenvalue weighted by atomic mass is 16.7. The summed E-state index contributed by atoms with van der Waals surface area (Å²) < 4.78 is 10.00. The van der Waals surface area contributed by atoms with Crippen LogP contribution in [0, 0.1) is 5.92 Å². The Morgan fingerprint density at radius 1 is 1.22 bits per heavy atom. The van der Waals surface area contributed by atoms with Crippen molar-refractivity contribution in [1.82, 2.24) is 9.80 Å². The van der Waals surface area contributed by atoms with Crippen LogP contribution in [0.15, 0.2) is 18.2 Å². The van der Waals surface area contributed by atoms with Crippen LogP contribution >= 0.6 is 0 Å². The molecule has 0 saturated carbocycles. The van der Waals surface area contributed by atoms with E-state index < -0.39 is 30.9 Å². The molecular weight excluding hydrogens is 482 g/mol. The Bertz CT molecular complexity index is 992. The summed E-state index contributed by atoms with van der Waals surface area (Å²) in [5.74, 6) is -0.675. The average Bonchev–Trinajstić information content (AvgIpc) is 3.22. The molecule has 1 saturated heterocycles. The van der Waals surface area contributed by atoms with Crippen LogP contribution in [0.4, 0.5) is 10.5 Å². The number of amides is 2. The first-order valence-electron chi connectivity index (χ1n) is 12.6. The Morgan fingerprint density at radius 3 is 2.59 bits per heavy atom. The third-order valence-electron chi connectivity index (χ3n) is 6.82. The first-order valence-corrected chi connectivity index (χ1v) is 12.6. The summed E-state index contributed by atoms with van der Waals surface area (Å²) >= 11 is 0. The number of aldehydes is 2. The highest BCUT2D eigenvalue weighted by Gasteiger charge is 2.38. The molecule has 1 N–H and O–H groups in total. The lowest BCUT2D eigenvalue weighted by atomic mass is 9.97. The van der Waals surface area contributed by atoms with Crippen molar-refractivity contribution in [3.05, 3.63) is 29.3 Å². The van der Waals surface area contributed by atoms with Crippen LogP contribution in [0.1, 0.15) is 54.9 Å². The van der Waals surface area contributed by atoms with Crippen molar-refractivity contribution in [2.45, 2.75) is 57.7 Å². The van der Waals surface area contributed by atoms with Crippen molar-refractivity contribution in [3.8, 4) is 0 Å². The van der Waals surface area contributed by atoms with E-state index in [1.165, 1.54) is 16.8 Å². The molecule has 0 radical (unpaired) electrons. The first kappa shape index (κ1) is 28.1. The predicted molar refractivity (Wildman–Crippen MR) is 133 cm³/mol. The number of hydrogen-bond acceptors (Lipinski definition) is 9. The van der Waals surface area contributed by atoms with Crippen LogP contribution in [-0.2, 0) is 30.4 Å². The molecule has 2 unspecified atom stereocenters. The number of aliphatic hydroxyl groups excluding tert-OH is 1. The van der Waals surface area contributed by atoms with Crippen molar-refractivity contribution < 1.29 is 38.6 Å². The van der Waals surface area contributed by atoms with Gasteiger partial charge in [0.15, 0.2) is 6.73 Å². The predicted octanol–water partition coefficient (Wildman–Crippen LogP) is 1.75. The van der Waals surface area contributed by atoms with Gasteiger partial charge in [0.05, 0.1) is 0 Å². The molecule has 2 amide bonds. The molecule has 0 aromatic heterocycles. The zero-order valence-electron chi connectivity index (χ0n) is 21.3. The fourth-order valence-electron chi connectivity index (χ4n) is 4.62. The van der Waals surface area contributed by atoms with Crippen LogP contribution in [0.3, 0.4) is 0 Å². The van der Waals surface area contributed by atoms with E-state index >= 15 is 0 Å². The topological polar surface area (TPSA) is 134 Å². The number of piperidine rings is 1. The molecule has 2 heterocycles. The number of nitrogens with zero attached hydrogens (tertiary/aromatic N) is 3. The van der Waals surface area contributed by atoms with Crippen molar-refractivity contribution >= 4 is 36.2 Å². The van der Waals surface area contributed by atoms with E-state index in [2.05, 4.69) is 4.90 Å².